The van der Waals surface area contributed by atoms with Gasteiger partial charge < -0.3 is 10.1 Å². The van der Waals surface area contributed by atoms with Crippen LogP contribution in [0.2, 0.25) is 0 Å². The van der Waals surface area contributed by atoms with Gasteiger partial charge in [0, 0.05) is 24.9 Å². The number of nitrogens with one attached hydrogen (secondary N) is 1. The highest BCUT2D eigenvalue weighted by Crippen LogP contribution is 2.34. The third-order valence-corrected chi connectivity index (χ3v) is 3.98. The van der Waals surface area contributed by atoms with Gasteiger partial charge in [0.15, 0.2) is 0 Å². The summed E-state index contributed by atoms with van der Waals surface area (Å²) in [6, 6.07) is 7.52. The number of anilines is 1. The summed E-state index contributed by atoms with van der Waals surface area (Å²) in [5.41, 5.74) is -1.05. The van der Waals surface area contributed by atoms with Crippen LogP contribution in [0.4, 0.5) is 24.5 Å². The number of hydrogen-bond acceptors (Lipinski definition) is 5. The lowest BCUT2D eigenvalue weighted by molar-refractivity contribution is -0.384. The molecule has 3 aromatic rings. The van der Waals surface area contributed by atoms with Gasteiger partial charge in [0.05, 0.1) is 34.0 Å². The summed E-state index contributed by atoms with van der Waals surface area (Å²) in [6.45, 7) is 2.39. The number of ether oxygens (including phenoxy) is 1. The molecule has 1 heterocycles. The van der Waals surface area contributed by atoms with Gasteiger partial charge in [-0.3, -0.25) is 19.6 Å². The number of rotatable bonds is 6. The van der Waals surface area contributed by atoms with Crippen LogP contribution in [0.1, 0.15) is 22.8 Å². The van der Waals surface area contributed by atoms with Crippen LogP contribution in [0.25, 0.3) is 0 Å². The predicted molar refractivity (Wildman–Crippen MR) is 100 cm³/mol. The molecule has 2 aromatic carbocycles. The number of halogens is 3. The molecule has 0 atom stereocenters. The fourth-order valence-electron chi connectivity index (χ4n) is 2.55. The van der Waals surface area contributed by atoms with Crippen molar-refractivity contribution >= 4 is 17.3 Å². The molecule has 156 valence electrons. The van der Waals surface area contributed by atoms with E-state index < -0.39 is 28.3 Å². The quantitative estimate of drug-likeness (QED) is 0.453. The fraction of sp³-hybridized carbons (Fsp3) is 0.158. The van der Waals surface area contributed by atoms with E-state index in [4.69, 9.17) is 4.74 Å². The van der Waals surface area contributed by atoms with Crippen molar-refractivity contribution in [1.29, 1.82) is 0 Å². The molecule has 0 radical (unpaired) electrons. The average Bonchev–Trinajstić information content (AvgIpc) is 3.17. The average molecular weight is 420 g/mol. The summed E-state index contributed by atoms with van der Waals surface area (Å²) < 4.78 is 45.5. The van der Waals surface area contributed by atoms with E-state index in [2.05, 4.69) is 10.4 Å². The minimum absolute atomic E-state index is 0.0421. The minimum Gasteiger partial charge on any atom is -0.457 e. The maximum atomic E-state index is 12.9. The Hall–Kier alpha value is -3.89. The number of alkyl halides is 3. The van der Waals surface area contributed by atoms with E-state index in [0.717, 1.165) is 30.3 Å². The number of benzene rings is 2. The van der Waals surface area contributed by atoms with Crippen LogP contribution >= 0.6 is 0 Å². The Morgan fingerprint density at radius 1 is 1.23 bits per heavy atom. The van der Waals surface area contributed by atoms with Crippen molar-refractivity contribution in [3.63, 3.8) is 0 Å². The van der Waals surface area contributed by atoms with Gasteiger partial charge in [0.25, 0.3) is 11.6 Å². The lowest BCUT2D eigenvalue weighted by Gasteiger charge is -2.11. The molecule has 0 aliphatic carbocycles. The van der Waals surface area contributed by atoms with E-state index in [9.17, 15) is 28.1 Å². The summed E-state index contributed by atoms with van der Waals surface area (Å²) in [7, 11) is 0. The van der Waals surface area contributed by atoms with E-state index in [-0.39, 0.29) is 22.7 Å². The molecule has 30 heavy (non-hydrogen) atoms. The van der Waals surface area contributed by atoms with Gasteiger partial charge in [-0.2, -0.15) is 18.3 Å². The van der Waals surface area contributed by atoms with Gasteiger partial charge in [-0.05, 0) is 25.1 Å². The van der Waals surface area contributed by atoms with Crippen LogP contribution in [-0.4, -0.2) is 20.6 Å². The van der Waals surface area contributed by atoms with Crippen molar-refractivity contribution in [2.45, 2.75) is 19.6 Å². The molecule has 0 saturated carbocycles. The van der Waals surface area contributed by atoms with Gasteiger partial charge >= 0.3 is 6.18 Å². The number of amides is 1. The van der Waals surface area contributed by atoms with E-state index in [1.807, 2.05) is 6.92 Å². The van der Waals surface area contributed by atoms with Crippen LogP contribution in [0.3, 0.4) is 0 Å². The lowest BCUT2D eigenvalue weighted by Crippen LogP contribution is -2.11. The summed E-state index contributed by atoms with van der Waals surface area (Å²) in [4.78, 5) is 22.9. The number of hydrogen-bond donors (Lipinski definition) is 1. The molecule has 0 spiro atoms. The Labute approximate surface area is 168 Å². The second kappa shape index (κ2) is 8.23. The van der Waals surface area contributed by atoms with E-state index in [0.29, 0.717) is 6.54 Å². The van der Waals surface area contributed by atoms with E-state index in [1.54, 1.807) is 0 Å². The second-order valence-electron chi connectivity index (χ2n) is 6.14. The molecule has 0 fully saturated rings. The largest absolute Gasteiger partial charge is 0.457 e. The Morgan fingerprint density at radius 2 is 2.00 bits per heavy atom. The van der Waals surface area contributed by atoms with Crippen LogP contribution in [-0.2, 0) is 12.7 Å². The molecule has 0 bridgehead atoms. The molecule has 11 heteroatoms. The maximum absolute atomic E-state index is 12.9. The normalized spacial score (nSPS) is 11.2. The summed E-state index contributed by atoms with van der Waals surface area (Å²) in [5.74, 6) is -0.824. The van der Waals surface area contributed by atoms with E-state index >= 15 is 0 Å². The van der Waals surface area contributed by atoms with Crippen molar-refractivity contribution in [2.75, 3.05) is 5.32 Å². The molecule has 0 aliphatic heterocycles. The number of aryl methyl sites for hydroxylation is 1. The molecule has 0 saturated heterocycles. The highest BCUT2D eigenvalue weighted by molar-refractivity contribution is 6.04. The Morgan fingerprint density at radius 3 is 2.63 bits per heavy atom. The molecule has 3 rings (SSSR count). The van der Waals surface area contributed by atoms with Crippen LogP contribution < -0.4 is 10.1 Å². The van der Waals surface area contributed by atoms with Crippen molar-refractivity contribution in [3.05, 3.63) is 76.1 Å². The number of nitro groups is 1. The van der Waals surface area contributed by atoms with Crippen molar-refractivity contribution in [3.8, 4) is 11.5 Å². The monoisotopic (exact) mass is 420 g/mol. The van der Waals surface area contributed by atoms with Gasteiger partial charge in [-0.15, -0.1) is 0 Å². The Kier molecular flexibility index (Phi) is 5.72. The first kappa shape index (κ1) is 20.8. The molecule has 0 aliphatic rings. The molecular formula is C19H15F3N4O4. The first-order valence-corrected chi connectivity index (χ1v) is 8.64. The number of nitrogens with zero attached hydrogens (tertiary/aromatic N) is 3. The van der Waals surface area contributed by atoms with Gasteiger partial charge in [-0.25, -0.2) is 0 Å². The van der Waals surface area contributed by atoms with Crippen molar-refractivity contribution in [1.82, 2.24) is 9.78 Å². The molecule has 1 amide bonds. The first-order valence-electron chi connectivity index (χ1n) is 8.64. The molecular weight excluding hydrogens is 405 g/mol. The zero-order chi connectivity index (χ0) is 21.9. The smallest absolute Gasteiger partial charge is 0.416 e. The maximum Gasteiger partial charge on any atom is 0.416 e. The van der Waals surface area contributed by atoms with Crippen molar-refractivity contribution < 1.29 is 27.6 Å². The molecule has 1 N–H and O–H groups in total. The second-order valence-corrected chi connectivity index (χ2v) is 6.14. The summed E-state index contributed by atoms with van der Waals surface area (Å²) in [5, 5.41) is 17.7. The number of aromatic nitrogens is 2. The van der Waals surface area contributed by atoms with Crippen LogP contribution in [0, 0.1) is 10.1 Å². The summed E-state index contributed by atoms with van der Waals surface area (Å²) in [6.07, 6.45) is -1.72. The van der Waals surface area contributed by atoms with Crippen LogP contribution in [0.15, 0.2) is 54.9 Å². The number of non-ortho nitro benzene ring substituents is 1. The summed E-state index contributed by atoms with van der Waals surface area (Å²) >= 11 is 0. The third kappa shape index (κ3) is 4.93. The topological polar surface area (TPSA) is 99.3 Å². The Balaban J connectivity index is 1.88. The zero-order valence-corrected chi connectivity index (χ0v) is 15.5. The third-order valence-electron chi connectivity index (χ3n) is 3.98. The van der Waals surface area contributed by atoms with Gasteiger partial charge in [0.1, 0.15) is 11.5 Å². The minimum atomic E-state index is -4.57. The first-order chi connectivity index (χ1) is 14.2. The van der Waals surface area contributed by atoms with Gasteiger partial charge in [0.2, 0.25) is 0 Å². The standard InChI is InChI=1S/C19H15F3N4O4/c1-2-25-11-12(10-23-25)18(27)24-14-7-15(26(28)29)9-17(8-14)30-16-5-3-4-13(6-16)19(20,21)22/h3-11H,2H2,1H3,(H,24,27). The predicted octanol–water partition coefficient (Wildman–Crippen LogP) is 4.87. The highest BCUT2D eigenvalue weighted by Gasteiger charge is 2.30. The van der Waals surface area contributed by atoms with Gasteiger partial charge in [-0.1, -0.05) is 6.07 Å². The molecule has 1 aromatic heterocycles. The SMILES string of the molecule is CCn1cc(C(=O)Nc2cc(Oc3cccc(C(F)(F)F)c3)cc([N+](=O)[O-])c2)cn1. The van der Waals surface area contributed by atoms with Crippen LogP contribution in [0.5, 0.6) is 11.5 Å². The number of carbonyl (C=O) groups is 1. The highest BCUT2D eigenvalue weighted by atomic mass is 19.4. The number of nitro benzene ring substituents is 1. The Bertz CT molecular complexity index is 1100. The fourth-order valence-corrected chi connectivity index (χ4v) is 2.55. The van der Waals surface area contributed by atoms with E-state index in [1.165, 1.54) is 29.2 Å². The molecule has 0 unspecified atom stereocenters. The van der Waals surface area contributed by atoms with Crippen molar-refractivity contribution in [2.24, 2.45) is 0 Å². The lowest BCUT2D eigenvalue weighted by atomic mass is 10.2. The number of carbonyl (C=O) groups excluding carboxylic acids is 1. The molecule has 8 nitrogen and oxygen atoms in total. The zero-order valence-electron chi connectivity index (χ0n) is 15.5.